The minimum absolute atomic E-state index is 0.0139. The van der Waals surface area contributed by atoms with E-state index in [2.05, 4.69) is 19.8 Å². The third-order valence-electron chi connectivity index (χ3n) is 2.28. The number of rotatable bonds is 4. The number of hydrogen-bond acceptors (Lipinski definition) is 5. The van der Waals surface area contributed by atoms with Crippen LogP contribution < -0.4 is 10.5 Å². The van der Waals surface area contributed by atoms with Crippen LogP contribution in [-0.2, 0) is 23.6 Å². The molecule has 2 heterocycles. The summed E-state index contributed by atoms with van der Waals surface area (Å²) in [7, 11) is -1.90. The highest BCUT2D eigenvalue weighted by Crippen LogP contribution is 2.10. The fraction of sp³-hybridized carbons (Fsp3) is 0.250. The Morgan fingerprint density at radius 1 is 1.53 bits per heavy atom. The summed E-state index contributed by atoms with van der Waals surface area (Å²) < 4.78 is 27.3. The Kier molecular flexibility index (Phi) is 2.86. The van der Waals surface area contributed by atoms with Gasteiger partial charge in [0.1, 0.15) is 5.82 Å². The largest absolute Gasteiger partial charge is 0.384 e. The van der Waals surface area contributed by atoms with Crippen molar-refractivity contribution in [2.45, 2.75) is 11.6 Å². The van der Waals surface area contributed by atoms with Gasteiger partial charge in [-0.05, 0) is 0 Å². The van der Waals surface area contributed by atoms with Crippen molar-refractivity contribution in [2.75, 3.05) is 5.73 Å². The van der Waals surface area contributed by atoms with Crippen molar-refractivity contribution in [1.29, 1.82) is 0 Å². The van der Waals surface area contributed by atoms with Gasteiger partial charge in [0, 0.05) is 19.2 Å². The van der Waals surface area contributed by atoms with Crippen molar-refractivity contribution < 1.29 is 8.42 Å². The molecule has 0 spiro atoms. The lowest BCUT2D eigenvalue weighted by Gasteiger charge is -2.03. The summed E-state index contributed by atoms with van der Waals surface area (Å²) in [4.78, 5) is 6.17. The molecule has 0 aliphatic heterocycles. The van der Waals surface area contributed by atoms with E-state index in [1.165, 1.54) is 23.4 Å². The van der Waals surface area contributed by atoms with Crippen LogP contribution in [0.25, 0.3) is 0 Å². The van der Waals surface area contributed by atoms with Gasteiger partial charge in [-0.2, -0.15) is 5.10 Å². The second kappa shape index (κ2) is 4.18. The number of anilines is 1. The zero-order valence-corrected chi connectivity index (χ0v) is 9.90. The molecule has 17 heavy (non-hydrogen) atoms. The first-order chi connectivity index (χ1) is 8.00. The van der Waals surface area contributed by atoms with Crippen molar-refractivity contribution in [3.05, 3.63) is 24.3 Å². The van der Waals surface area contributed by atoms with E-state index >= 15 is 0 Å². The normalized spacial score (nSPS) is 11.8. The number of imidazole rings is 1. The molecule has 0 fully saturated rings. The zero-order chi connectivity index (χ0) is 12.5. The van der Waals surface area contributed by atoms with Crippen LogP contribution in [-0.4, -0.2) is 28.2 Å². The molecule has 8 nitrogen and oxygen atoms in total. The van der Waals surface area contributed by atoms with Gasteiger partial charge in [-0.3, -0.25) is 4.68 Å². The topological polar surface area (TPSA) is 119 Å². The van der Waals surface area contributed by atoms with Crippen LogP contribution in [0.1, 0.15) is 5.56 Å². The van der Waals surface area contributed by atoms with Gasteiger partial charge in [0.05, 0.1) is 18.7 Å². The second-order valence-corrected chi connectivity index (χ2v) is 5.15. The summed E-state index contributed by atoms with van der Waals surface area (Å²) in [5.74, 6) is 0.428. The van der Waals surface area contributed by atoms with Crippen LogP contribution in [0.15, 0.2) is 23.7 Å². The van der Waals surface area contributed by atoms with Crippen molar-refractivity contribution in [3.63, 3.8) is 0 Å². The van der Waals surface area contributed by atoms with Gasteiger partial charge in [-0.15, -0.1) is 0 Å². The molecule has 2 aromatic heterocycles. The minimum Gasteiger partial charge on any atom is -0.384 e. The smallest absolute Gasteiger partial charge is 0.257 e. The summed E-state index contributed by atoms with van der Waals surface area (Å²) in [5, 5.41) is 3.93. The number of hydrogen-bond donors (Lipinski definition) is 3. The lowest BCUT2D eigenvalue weighted by atomic mass is 10.3. The molecule has 0 radical (unpaired) electrons. The van der Waals surface area contributed by atoms with Gasteiger partial charge in [-0.1, -0.05) is 0 Å². The number of nitrogen functional groups attached to an aromatic ring is 1. The summed E-state index contributed by atoms with van der Waals surface area (Å²) in [6.07, 6.45) is 4.05. The molecule has 0 saturated carbocycles. The molecule has 2 rings (SSSR count). The maximum Gasteiger partial charge on any atom is 0.257 e. The van der Waals surface area contributed by atoms with E-state index in [-0.39, 0.29) is 11.6 Å². The summed E-state index contributed by atoms with van der Waals surface area (Å²) in [6, 6.07) is 0. The molecule has 4 N–H and O–H groups in total. The number of nitrogens with one attached hydrogen (secondary N) is 2. The van der Waals surface area contributed by atoms with E-state index < -0.39 is 10.0 Å². The summed E-state index contributed by atoms with van der Waals surface area (Å²) >= 11 is 0. The molecule has 0 saturated heterocycles. The molecule has 0 unspecified atom stereocenters. The molecule has 0 bridgehead atoms. The highest BCUT2D eigenvalue weighted by molar-refractivity contribution is 7.89. The van der Waals surface area contributed by atoms with E-state index in [0.29, 0.717) is 11.4 Å². The first-order valence-electron chi connectivity index (χ1n) is 4.75. The molecule has 9 heteroatoms. The number of nitrogens with zero attached hydrogens (tertiary/aromatic N) is 3. The fourth-order valence-electron chi connectivity index (χ4n) is 1.27. The standard InChI is InChI=1S/C8H12N6O2S/c1-14-8(9)6(2-12-14)3-13-17(15,16)7-4-10-5-11-7/h2,4-5,13H,3,9H2,1H3,(H,10,11). The third kappa shape index (κ3) is 2.29. The molecule has 0 aromatic carbocycles. The molecular weight excluding hydrogens is 244 g/mol. The Balaban J connectivity index is 2.11. The van der Waals surface area contributed by atoms with E-state index in [1.54, 1.807) is 7.05 Å². The van der Waals surface area contributed by atoms with Gasteiger partial charge in [0.25, 0.3) is 10.0 Å². The number of H-pyrrole nitrogens is 1. The summed E-state index contributed by atoms with van der Waals surface area (Å²) in [5.41, 5.74) is 6.32. The van der Waals surface area contributed by atoms with Crippen molar-refractivity contribution >= 4 is 15.8 Å². The van der Waals surface area contributed by atoms with Gasteiger partial charge in [0.2, 0.25) is 0 Å². The van der Waals surface area contributed by atoms with Crippen LogP contribution in [0, 0.1) is 0 Å². The molecule has 0 aliphatic carbocycles. The predicted molar refractivity (Wildman–Crippen MR) is 60.2 cm³/mol. The van der Waals surface area contributed by atoms with Gasteiger partial charge in [0.15, 0.2) is 5.03 Å². The Morgan fingerprint density at radius 3 is 2.82 bits per heavy atom. The number of aromatic amines is 1. The van der Waals surface area contributed by atoms with E-state index in [0.717, 1.165) is 0 Å². The molecule has 0 aliphatic rings. The van der Waals surface area contributed by atoms with Crippen LogP contribution in [0.3, 0.4) is 0 Å². The average molecular weight is 256 g/mol. The van der Waals surface area contributed by atoms with Gasteiger partial charge < -0.3 is 10.7 Å². The molecule has 0 atom stereocenters. The molecular formula is C8H12N6O2S. The van der Waals surface area contributed by atoms with E-state index in [4.69, 9.17) is 5.73 Å². The predicted octanol–water partition coefficient (Wildman–Crippen LogP) is -0.796. The van der Waals surface area contributed by atoms with Crippen molar-refractivity contribution in [2.24, 2.45) is 7.05 Å². The number of aryl methyl sites for hydroxylation is 1. The first-order valence-corrected chi connectivity index (χ1v) is 6.23. The zero-order valence-electron chi connectivity index (χ0n) is 9.08. The lowest BCUT2D eigenvalue weighted by Crippen LogP contribution is -2.23. The number of nitrogens with two attached hydrogens (primary N) is 1. The van der Waals surface area contributed by atoms with Gasteiger partial charge >= 0.3 is 0 Å². The highest BCUT2D eigenvalue weighted by Gasteiger charge is 2.16. The Morgan fingerprint density at radius 2 is 2.29 bits per heavy atom. The molecule has 92 valence electrons. The molecule has 0 amide bonds. The highest BCUT2D eigenvalue weighted by atomic mass is 32.2. The van der Waals surface area contributed by atoms with Crippen LogP contribution in [0.2, 0.25) is 0 Å². The van der Waals surface area contributed by atoms with Crippen LogP contribution >= 0.6 is 0 Å². The minimum atomic E-state index is -3.58. The van der Waals surface area contributed by atoms with Crippen LogP contribution in [0.4, 0.5) is 5.82 Å². The SMILES string of the molecule is Cn1ncc(CNS(=O)(=O)c2cnc[nH]2)c1N. The number of sulfonamides is 1. The van der Waals surface area contributed by atoms with E-state index in [9.17, 15) is 8.42 Å². The average Bonchev–Trinajstić information content (AvgIpc) is 2.90. The Labute approximate surface area is 97.9 Å². The lowest BCUT2D eigenvalue weighted by molar-refractivity contribution is 0.578. The van der Waals surface area contributed by atoms with Crippen molar-refractivity contribution in [3.8, 4) is 0 Å². The first kappa shape index (κ1) is 11.6. The Hall–Kier alpha value is -1.87. The van der Waals surface area contributed by atoms with E-state index in [1.807, 2.05) is 0 Å². The van der Waals surface area contributed by atoms with Gasteiger partial charge in [-0.25, -0.2) is 18.1 Å². The van der Waals surface area contributed by atoms with Crippen molar-refractivity contribution in [1.82, 2.24) is 24.5 Å². The maximum absolute atomic E-state index is 11.7. The summed E-state index contributed by atoms with van der Waals surface area (Å²) in [6.45, 7) is 0.0844. The maximum atomic E-state index is 11.7. The monoisotopic (exact) mass is 256 g/mol. The quantitative estimate of drug-likeness (QED) is 0.662. The Bertz CT molecular complexity index is 600. The second-order valence-electron chi connectivity index (χ2n) is 3.42. The van der Waals surface area contributed by atoms with Crippen LogP contribution in [0.5, 0.6) is 0 Å². The third-order valence-corrected chi connectivity index (χ3v) is 3.61. The molecule has 2 aromatic rings. The number of aromatic nitrogens is 4. The fourth-order valence-corrected chi connectivity index (χ4v) is 2.18.